The molecule has 15 heavy (non-hydrogen) atoms. The van der Waals surface area contributed by atoms with Gasteiger partial charge in [-0.1, -0.05) is 12.1 Å². The molecule has 0 radical (unpaired) electrons. The van der Waals surface area contributed by atoms with E-state index in [2.05, 4.69) is 0 Å². The standard InChI is InChI=1S/C10H16N2O2S/c1-8(11)9-4-6-10(7-5-9)12(2)15(3,13)14/h4-8H,11H2,1-3H3. The Morgan fingerprint density at radius 2 is 1.73 bits per heavy atom. The lowest BCUT2D eigenvalue weighted by Gasteiger charge is -2.17. The van der Waals surface area contributed by atoms with Crippen molar-refractivity contribution in [3.8, 4) is 0 Å². The lowest BCUT2D eigenvalue weighted by Crippen LogP contribution is -2.24. The highest BCUT2D eigenvalue weighted by Gasteiger charge is 2.11. The van der Waals surface area contributed by atoms with Gasteiger partial charge in [0.1, 0.15) is 0 Å². The second kappa shape index (κ2) is 4.20. The Hall–Kier alpha value is -1.07. The third-order valence-corrected chi connectivity index (χ3v) is 3.49. The molecule has 0 aliphatic heterocycles. The summed E-state index contributed by atoms with van der Waals surface area (Å²) in [5, 5.41) is 0. The van der Waals surface area contributed by atoms with Gasteiger partial charge in [0, 0.05) is 13.1 Å². The van der Waals surface area contributed by atoms with E-state index in [-0.39, 0.29) is 6.04 Å². The van der Waals surface area contributed by atoms with E-state index in [0.29, 0.717) is 5.69 Å². The van der Waals surface area contributed by atoms with Crippen LogP contribution < -0.4 is 10.0 Å². The van der Waals surface area contributed by atoms with Crippen molar-refractivity contribution in [2.45, 2.75) is 13.0 Å². The zero-order valence-electron chi connectivity index (χ0n) is 9.14. The zero-order chi connectivity index (χ0) is 11.6. The van der Waals surface area contributed by atoms with Crippen molar-refractivity contribution >= 4 is 15.7 Å². The van der Waals surface area contributed by atoms with Crippen molar-refractivity contribution < 1.29 is 8.42 Å². The van der Waals surface area contributed by atoms with E-state index in [1.165, 1.54) is 17.6 Å². The van der Waals surface area contributed by atoms with Crippen LogP contribution in [0.25, 0.3) is 0 Å². The Morgan fingerprint density at radius 3 is 2.07 bits per heavy atom. The molecule has 0 aromatic heterocycles. The van der Waals surface area contributed by atoms with Gasteiger partial charge >= 0.3 is 0 Å². The van der Waals surface area contributed by atoms with Crippen LogP contribution in [0.15, 0.2) is 24.3 Å². The Kier molecular flexibility index (Phi) is 3.36. The fraction of sp³-hybridized carbons (Fsp3) is 0.400. The topological polar surface area (TPSA) is 63.4 Å². The Morgan fingerprint density at radius 1 is 1.27 bits per heavy atom. The molecule has 0 bridgehead atoms. The first-order valence-electron chi connectivity index (χ1n) is 4.62. The number of nitrogens with two attached hydrogens (primary N) is 1. The zero-order valence-corrected chi connectivity index (χ0v) is 9.95. The highest BCUT2D eigenvalue weighted by atomic mass is 32.2. The molecular formula is C10H16N2O2S. The van der Waals surface area contributed by atoms with Crippen molar-refractivity contribution in [2.75, 3.05) is 17.6 Å². The lowest BCUT2D eigenvalue weighted by molar-refractivity contribution is 0.600. The number of rotatable bonds is 3. The summed E-state index contributed by atoms with van der Waals surface area (Å²) in [5.41, 5.74) is 7.32. The van der Waals surface area contributed by atoms with E-state index >= 15 is 0 Å². The minimum Gasteiger partial charge on any atom is -0.324 e. The van der Waals surface area contributed by atoms with Gasteiger partial charge in [0.15, 0.2) is 0 Å². The number of nitrogens with zero attached hydrogens (tertiary/aromatic N) is 1. The van der Waals surface area contributed by atoms with Crippen LogP contribution in [-0.2, 0) is 10.0 Å². The maximum atomic E-state index is 11.3. The molecule has 1 aromatic carbocycles. The van der Waals surface area contributed by atoms with Crippen LogP contribution in [-0.4, -0.2) is 21.7 Å². The van der Waals surface area contributed by atoms with Gasteiger partial charge in [-0.2, -0.15) is 0 Å². The average molecular weight is 228 g/mol. The maximum absolute atomic E-state index is 11.3. The molecule has 0 saturated heterocycles. The van der Waals surface area contributed by atoms with E-state index in [9.17, 15) is 8.42 Å². The van der Waals surface area contributed by atoms with E-state index in [1.54, 1.807) is 12.1 Å². The third-order valence-electron chi connectivity index (χ3n) is 2.28. The summed E-state index contributed by atoms with van der Waals surface area (Å²) in [6, 6.07) is 7.13. The number of hydrogen-bond donors (Lipinski definition) is 1. The number of anilines is 1. The molecule has 0 spiro atoms. The monoisotopic (exact) mass is 228 g/mol. The average Bonchev–Trinajstić information content (AvgIpc) is 2.15. The van der Waals surface area contributed by atoms with Crippen LogP contribution in [0, 0.1) is 0 Å². The van der Waals surface area contributed by atoms with Gasteiger partial charge in [-0.05, 0) is 24.6 Å². The number of hydrogen-bond acceptors (Lipinski definition) is 3. The lowest BCUT2D eigenvalue weighted by atomic mass is 10.1. The van der Waals surface area contributed by atoms with E-state index in [4.69, 9.17) is 5.73 Å². The molecule has 0 amide bonds. The molecule has 84 valence electrons. The minimum atomic E-state index is -3.19. The maximum Gasteiger partial charge on any atom is 0.231 e. The Bertz CT molecular complexity index is 423. The van der Waals surface area contributed by atoms with Crippen molar-refractivity contribution in [3.63, 3.8) is 0 Å². The molecule has 0 aliphatic carbocycles. The SMILES string of the molecule is CC(N)c1ccc(N(C)S(C)(=O)=O)cc1. The van der Waals surface area contributed by atoms with Crippen LogP contribution in [0.4, 0.5) is 5.69 Å². The van der Waals surface area contributed by atoms with Gasteiger partial charge in [-0.15, -0.1) is 0 Å². The molecule has 1 atom stereocenters. The summed E-state index contributed by atoms with van der Waals surface area (Å²) in [4.78, 5) is 0. The largest absolute Gasteiger partial charge is 0.324 e. The molecule has 1 aromatic rings. The van der Waals surface area contributed by atoms with Gasteiger partial charge < -0.3 is 5.73 Å². The summed E-state index contributed by atoms with van der Waals surface area (Å²) in [7, 11) is -1.66. The summed E-state index contributed by atoms with van der Waals surface area (Å²) in [6.45, 7) is 1.88. The number of sulfonamides is 1. The van der Waals surface area contributed by atoms with E-state index in [1.807, 2.05) is 19.1 Å². The smallest absolute Gasteiger partial charge is 0.231 e. The molecular weight excluding hydrogens is 212 g/mol. The van der Waals surface area contributed by atoms with E-state index < -0.39 is 10.0 Å². The fourth-order valence-electron chi connectivity index (χ4n) is 1.18. The molecule has 2 N–H and O–H groups in total. The predicted octanol–water partition coefficient (Wildman–Crippen LogP) is 1.10. The highest BCUT2D eigenvalue weighted by Crippen LogP contribution is 2.18. The van der Waals surface area contributed by atoms with Crippen molar-refractivity contribution in [1.29, 1.82) is 0 Å². The summed E-state index contributed by atoms with van der Waals surface area (Å²) in [6.07, 6.45) is 1.17. The Labute approximate surface area is 90.8 Å². The van der Waals surface area contributed by atoms with Crippen LogP contribution >= 0.6 is 0 Å². The second-order valence-corrected chi connectivity index (χ2v) is 5.62. The molecule has 4 nitrogen and oxygen atoms in total. The van der Waals surface area contributed by atoms with Gasteiger partial charge in [0.05, 0.1) is 11.9 Å². The minimum absolute atomic E-state index is 0.0393. The summed E-state index contributed by atoms with van der Waals surface area (Å²) in [5.74, 6) is 0. The van der Waals surface area contributed by atoms with Crippen molar-refractivity contribution in [2.24, 2.45) is 5.73 Å². The molecule has 0 aliphatic rings. The quantitative estimate of drug-likeness (QED) is 0.842. The van der Waals surface area contributed by atoms with Crippen LogP contribution in [0.1, 0.15) is 18.5 Å². The predicted molar refractivity (Wildman–Crippen MR) is 62.3 cm³/mol. The first-order chi connectivity index (χ1) is 6.82. The van der Waals surface area contributed by atoms with Crippen LogP contribution in [0.3, 0.4) is 0 Å². The molecule has 0 fully saturated rings. The molecule has 0 heterocycles. The van der Waals surface area contributed by atoms with E-state index in [0.717, 1.165) is 5.56 Å². The number of benzene rings is 1. The molecule has 1 unspecified atom stereocenters. The second-order valence-electron chi connectivity index (χ2n) is 3.61. The first-order valence-corrected chi connectivity index (χ1v) is 6.46. The van der Waals surface area contributed by atoms with Gasteiger partial charge in [0.25, 0.3) is 0 Å². The van der Waals surface area contributed by atoms with Crippen molar-refractivity contribution in [1.82, 2.24) is 0 Å². The molecule has 1 rings (SSSR count). The van der Waals surface area contributed by atoms with Crippen molar-refractivity contribution in [3.05, 3.63) is 29.8 Å². The molecule has 5 heteroatoms. The first kappa shape index (κ1) is 12.0. The highest BCUT2D eigenvalue weighted by molar-refractivity contribution is 7.92. The normalized spacial score (nSPS) is 13.6. The fourth-order valence-corrected chi connectivity index (χ4v) is 1.68. The van der Waals surface area contributed by atoms with Gasteiger partial charge in [-0.25, -0.2) is 8.42 Å². The van der Waals surface area contributed by atoms with Crippen LogP contribution in [0.5, 0.6) is 0 Å². The van der Waals surface area contributed by atoms with Gasteiger partial charge in [0.2, 0.25) is 10.0 Å². The van der Waals surface area contributed by atoms with Gasteiger partial charge in [-0.3, -0.25) is 4.31 Å². The molecule has 0 saturated carbocycles. The third kappa shape index (κ3) is 2.94. The summed E-state index contributed by atoms with van der Waals surface area (Å²) >= 11 is 0. The Balaban J connectivity index is 3.00. The summed E-state index contributed by atoms with van der Waals surface area (Å²) < 4.78 is 23.7. The van der Waals surface area contributed by atoms with Crippen LogP contribution in [0.2, 0.25) is 0 Å².